The standard InChI is InChI=1S/C13H18N2O4/c1-8-6-10(11(19-3)7-9(8)2)15-13(18)14-5-4-12(16)17/h6-7H,4-5H2,1-3H3,(H,16,17)(H2,14,15,18). The molecule has 0 bridgehead atoms. The number of hydrogen-bond acceptors (Lipinski definition) is 3. The van der Waals surface area contributed by atoms with Gasteiger partial charge in [-0.1, -0.05) is 0 Å². The number of hydrogen-bond donors (Lipinski definition) is 3. The van der Waals surface area contributed by atoms with Crippen molar-refractivity contribution in [3.63, 3.8) is 0 Å². The molecule has 6 heteroatoms. The van der Waals surface area contributed by atoms with Gasteiger partial charge in [-0.05, 0) is 37.1 Å². The zero-order valence-corrected chi connectivity index (χ0v) is 11.2. The summed E-state index contributed by atoms with van der Waals surface area (Å²) in [6, 6.07) is 3.19. The third-order valence-electron chi connectivity index (χ3n) is 2.69. The summed E-state index contributed by atoms with van der Waals surface area (Å²) in [4.78, 5) is 21.9. The zero-order valence-electron chi connectivity index (χ0n) is 11.2. The highest BCUT2D eigenvalue weighted by Crippen LogP contribution is 2.27. The van der Waals surface area contributed by atoms with Crippen LogP contribution in [0.4, 0.5) is 10.5 Å². The number of aliphatic carboxylic acids is 1. The van der Waals surface area contributed by atoms with Crippen molar-refractivity contribution in [2.75, 3.05) is 19.0 Å². The van der Waals surface area contributed by atoms with Crippen LogP contribution in [0.3, 0.4) is 0 Å². The second-order valence-corrected chi connectivity index (χ2v) is 4.16. The SMILES string of the molecule is COc1cc(C)c(C)cc1NC(=O)NCCC(=O)O. The molecule has 6 nitrogen and oxygen atoms in total. The third kappa shape index (κ3) is 4.50. The van der Waals surface area contributed by atoms with E-state index in [0.717, 1.165) is 11.1 Å². The largest absolute Gasteiger partial charge is 0.495 e. The number of methoxy groups -OCH3 is 1. The Morgan fingerprint density at radius 3 is 2.47 bits per heavy atom. The molecule has 0 aliphatic carbocycles. The van der Waals surface area contributed by atoms with Crippen LogP contribution in [0, 0.1) is 13.8 Å². The van der Waals surface area contributed by atoms with Gasteiger partial charge in [0.2, 0.25) is 0 Å². The van der Waals surface area contributed by atoms with E-state index in [2.05, 4.69) is 10.6 Å². The molecule has 0 aliphatic rings. The van der Waals surface area contributed by atoms with Crippen molar-refractivity contribution in [1.82, 2.24) is 5.32 Å². The quantitative estimate of drug-likeness (QED) is 0.759. The lowest BCUT2D eigenvalue weighted by molar-refractivity contribution is -0.136. The molecule has 0 radical (unpaired) electrons. The molecule has 0 saturated heterocycles. The second kappa shape index (κ2) is 6.63. The number of rotatable bonds is 5. The Labute approximate surface area is 111 Å². The van der Waals surface area contributed by atoms with Crippen LogP contribution in [0.1, 0.15) is 17.5 Å². The predicted molar refractivity (Wildman–Crippen MR) is 71.7 cm³/mol. The van der Waals surface area contributed by atoms with Crippen LogP contribution in [0.2, 0.25) is 0 Å². The van der Waals surface area contributed by atoms with Crippen molar-refractivity contribution in [3.05, 3.63) is 23.3 Å². The summed E-state index contributed by atoms with van der Waals surface area (Å²) in [5, 5.41) is 13.6. The predicted octanol–water partition coefficient (Wildman–Crippen LogP) is 1.91. The average molecular weight is 266 g/mol. The molecule has 0 aliphatic heterocycles. The van der Waals surface area contributed by atoms with Gasteiger partial charge < -0.3 is 20.5 Å². The van der Waals surface area contributed by atoms with E-state index in [-0.39, 0.29) is 13.0 Å². The van der Waals surface area contributed by atoms with Crippen LogP contribution < -0.4 is 15.4 Å². The van der Waals surface area contributed by atoms with E-state index in [0.29, 0.717) is 11.4 Å². The molecule has 104 valence electrons. The molecule has 1 rings (SSSR count). The smallest absolute Gasteiger partial charge is 0.319 e. The highest BCUT2D eigenvalue weighted by Gasteiger charge is 2.09. The number of benzene rings is 1. The summed E-state index contributed by atoms with van der Waals surface area (Å²) in [5.41, 5.74) is 2.65. The van der Waals surface area contributed by atoms with E-state index >= 15 is 0 Å². The number of nitrogens with one attached hydrogen (secondary N) is 2. The Morgan fingerprint density at radius 2 is 1.89 bits per heavy atom. The maximum atomic E-state index is 11.6. The highest BCUT2D eigenvalue weighted by atomic mass is 16.5. The van der Waals surface area contributed by atoms with Crippen LogP contribution in [-0.4, -0.2) is 30.8 Å². The van der Waals surface area contributed by atoms with Gasteiger partial charge in [-0.2, -0.15) is 0 Å². The van der Waals surface area contributed by atoms with E-state index in [1.165, 1.54) is 7.11 Å². The van der Waals surface area contributed by atoms with Crippen LogP contribution in [0.25, 0.3) is 0 Å². The van der Waals surface area contributed by atoms with Gasteiger partial charge in [-0.15, -0.1) is 0 Å². The molecule has 0 saturated carbocycles. The molecular weight excluding hydrogens is 248 g/mol. The number of anilines is 1. The molecule has 0 aromatic heterocycles. The van der Waals surface area contributed by atoms with Gasteiger partial charge in [-0.3, -0.25) is 4.79 Å². The van der Waals surface area contributed by atoms with Gasteiger partial charge in [0.1, 0.15) is 5.75 Å². The topological polar surface area (TPSA) is 87.7 Å². The molecule has 3 N–H and O–H groups in total. The highest BCUT2D eigenvalue weighted by molar-refractivity contribution is 5.91. The van der Waals surface area contributed by atoms with Gasteiger partial charge in [0, 0.05) is 6.54 Å². The maximum Gasteiger partial charge on any atom is 0.319 e. The van der Waals surface area contributed by atoms with Crippen molar-refractivity contribution < 1.29 is 19.4 Å². The lowest BCUT2D eigenvalue weighted by atomic mass is 10.1. The van der Waals surface area contributed by atoms with E-state index in [4.69, 9.17) is 9.84 Å². The Kier molecular flexibility index (Phi) is 5.17. The fraction of sp³-hybridized carbons (Fsp3) is 0.385. The monoisotopic (exact) mass is 266 g/mol. The van der Waals surface area contributed by atoms with Crippen molar-refractivity contribution in [1.29, 1.82) is 0 Å². The minimum atomic E-state index is -0.955. The van der Waals surface area contributed by atoms with Crippen LogP contribution in [0.5, 0.6) is 5.75 Å². The minimum absolute atomic E-state index is 0.0777. The first-order chi connectivity index (χ1) is 8.93. The lowest BCUT2D eigenvalue weighted by Crippen LogP contribution is -2.30. The van der Waals surface area contributed by atoms with Gasteiger partial charge in [0.25, 0.3) is 0 Å². The number of urea groups is 1. The van der Waals surface area contributed by atoms with Crippen molar-refractivity contribution >= 4 is 17.7 Å². The number of carbonyl (C=O) groups excluding carboxylic acids is 1. The Balaban J connectivity index is 2.68. The number of amides is 2. The number of carbonyl (C=O) groups is 2. The zero-order chi connectivity index (χ0) is 14.4. The van der Waals surface area contributed by atoms with Crippen LogP contribution in [-0.2, 0) is 4.79 Å². The fourth-order valence-corrected chi connectivity index (χ4v) is 1.51. The molecule has 19 heavy (non-hydrogen) atoms. The first-order valence-corrected chi connectivity index (χ1v) is 5.86. The summed E-state index contributed by atoms with van der Waals surface area (Å²) in [7, 11) is 1.53. The fourth-order valence-electron chi connectivity index (χ4n) is 1.51. The number of carboxylic acids is 1. The summed E-state index contributed by atoms with van der Waals surface area (Å²) < 4.78 is 5.19. The summed E-state index contributed by atoms with van der Waals surface area (Å²) >= 11 is 0. The van der Waals surface area contributed by atoms with Gasteiger partial charge in [0.15, 0.2) is 0 Å². The molecule has 1 aromatic rings. The molecule has 0 atom stereocenters. The average Bonchev–Trinajstić information content (AvgIpc) is 2.33. The molecule has 0 unspecified atom stereocenters. The first-order valence-electron chi connectivity index (χ1n) is 5.86. The van der Waals surface area contributed by atoms with E-state index < -0.39 is 12.0 Å². The van der Waals surface area contributed by atoms with E-state index in [1.54, 1.807) is 0 Å². The van der Waals surface area contributed by atoms with E-state index in [9.17, 15) is 9.59 Å². The Bertz CT molecular complexity index is 486. The Hall–Kier alpha value is -2.24. The number of carboxylic acid groups (broad SMARTS) is 1. The molecule has 0 spiro atoms. The number of ether oxygens (including phenoxy) is 1. The normalized spacial score (nSPS) is 9.84. The molecule has 0 fully saturated rings. The first kappa shape index (κ1) is 14.8. The van der Waals surface area contributed by atoms with Crippen molar-refractivity contribution in [2.45, 2.75) is 20.3 Å². The second-order valence-electron chi connectivity index (χ2n) is 4.16. The van der Waals surface area contributed by atoms with Crippen molar-refractivity contribution in [2.24, 2.45) is 0 Å². The summed E-state index contributed by atoms with van der Waals surface area (Å²) in [5.74, 6) is -0.388. The van der Waals surface area contributed by atoms with E-state index in [1.807, 2.05) is 26.0 Å². The third-order valence-corrected chi connectivity index (χ3v) is 2.69. The van der Waals surface area contributed by atoms with Gasteiger partial charge in [0.05, 0.1) is 19.2 Å². The van der Waals surface area contributed by atoms with Crippen LogP contribution >= 0.6 is 0 Å². The summed E-state index contributed by atoms with van der Waals surface area (Å²) in [6.45, 7) is 3.96. The van der Waals surface area contributed by atoms with Gasteiger partial charge >= 0.3 is 12.0 Å². The molecule has 2 amide bonds. The Morgan fingerprint density at radius 1 is 1.26 bits per heavy atom. The number of aryl methyl sites for hydroxylation is 2. The summed E-state index contributed by atoms with van der Waals surface area (Å²) in [6.07, 6.45) is -0.114. The molecule has 0 heterocycles. The van der Waals surface area contributed by atoms with Crippen molar-refractivity contribution in [3.8, 4) is 5.75 Å². The minimum Gasteiger partial charge on any atom is -0.495 e. The molecular formula is C13H18N2O4. The maximum absolute atomic E-state index is 11.6. The van der Waals surface area contributed by atoms with Crippen LogP contribution in [0.15, 0.2) is 12.1 Å². The lowest BCUT2D eigenvalue weighted by Gasteiger charge is -2.13. The van der Waals surface area contributed by atoms with Gasteiger partial charge in [-0.25, -0.2) is 4.79 Å². The molecule has 1 aromatic carbocycles.